The van der Waals surface area contributed by atoms with Gasteiger partial charge in [0.1, 0.15) is 4.92 Å². The molecule has 25 heavy (non-hydrogen) atoms. The first-order valence-electron chi connectivity index (χ1n) is 7.91. The van der Waals surface area contributed by atoms with E-state index in [0.717, 1.165) is 23.7 Å². The van der Waals surface area contributed by atoms with Crippen molar-refractivity contribution < 1.29 is 18.9 Å². The van der Waals surface area contributed by atoms with Crippen molar-refractivity contribution in [2.75, 3.05) is 11.4 Å². The fourth-order valence-electron chi connectivity index (χ4n) is 2.78. The zero-order valence-corrected chi connectivity index (χ0v) is 13.6. The lowest BCUT2D eigenvalue weighted by atomic mass is 10.1. The minimum Gasteiger partial charge on any atom is -0.395 e. The Labute approximate surface area is 143 Å². The van der Waals surface area contributed by atoms with E-state index in [2.05, 4.69) is 5.32 Å². The van der Waals surface area contributed by atoms with E-state index >= 15 is 0 Å². The molecule has 0 aliphatic carbocycles. The number of benzene rings is 1. The highest BCUT2D eigenvalue weighted by Gasteiger charge is 2.23. The van der Waals surface area contributed by atoms with Crippen LogP contribution in [0.25, 0.3) is 0 Å². The summed E-state index contributed by atoms with van der Waals surface area (Å²) in [7, 11) is 0. The van der Waals surface area contributed by atoms with Gasteiger partial charge in [-0.05, 0) is 37.1 Å². The van der Waals surface area contributed by atoms with Crippen LogP contribution in [0.2, 0.25) is 0 Å². The molecule has 1 aromatic carbocycles. The van der Waals surface area contributed by atoms with Crippen molar-refractivity contribution in [2.45, 2.75) is 25.8 Å². The number of hydrogen-bond acceptors (Lipinski definition) is 5. The zero-order valence-electron chi connectivity index (χ0n) is 13.6. The molecule has 2 amide bonds. The second-order valence-corrected chi connectivity index (χ2v) is 5.83. The van der Waals surface area contributed by atoms with Gasteiger partial charge >= 0.3 is 5.88 Å². The van der Waals surface area contributed by atoms with E-state index in [4.69, 9.17) is 4.42 Å². The van der Waals surface area contributed by atoms with E-state index in [0.29, 0.717) is 13.0 Å². The summed E-state index contributed by atoms with van der Waals surface area (Å²) in [6, 6.07) is 9.44. The maximum Gasteiger partial charge on any atom is 0.433 e. The van der Waals surface area contributed by atoms with E-state index < -0.39 is 16.7 Å². The van der Waals surface area contributed by atoms with E-state index in [1.54, 1.807) is 11.8 Å². The summed E-state index contributed by atoms with van der Waals surface area (Å²) in [6.45, 7) is 2.49. The molecule has 2 heterocycles. The van der Waals surface area contributed by atoms with Gasteiger partial charge in [0.05, 0.1) is 12.1 Å². The highest BCUT2D eigenvalue weighted by molar-refractivity contribution is 5.95. The largest absolute Gasteiger partial charge is 0.433 e. The molecular weight excluding hydrogens is 326 g/mol. The van der Waals surface area contributed by atoms with Crippen LogP contribution in [0.15, 0.2) is 40.8 Å². The van der Waals surface area contributed by atoms with E-state index in [1.807, 2.05) is 24.3 Å². The first-order valence-corrected chi connectivity index (χ1v) is 7.91. The van der Waals surface area contributed by atoms with Gasteiger partial charge in [-0.2, -0.15) is 0 Å². The molecule has 1 atom stereocenters. The molecule has 8 heteroatoms. The molecule has 1 aliphatic rings. The maximum atomic E-state index is 12.2. The Bertz CT molecular complexity index is 829. The normalized spacial score (nSPS) is 15.2. The zero-order chi connectivity index (χ0) is 18.0. The van der Waals surface area contributed by atoms with Crippen molar-refractivity contribution >= 4 is 23.4 Å². The van der Waals surface area contributed by atoms with Crippen LogP contribution in [0.1, 0.15) is 41.9 Å². The summed E-state index contributed by atoms with van der Waals surface area (Å²) in [5, 5.41) is 13.4. The summed E-state index contributed by atoms with van der Waals surface area (Å²) in [5.74, 6) is -1.04. The number of nitrogens with one attached hydrogen (secondary N) is 1. The van der Waals surface area contributed by atoms with E-state index in [-0.39, 0.29) is 17.7 Å². The highest BCUT2D eigenvalue weighted by atomic mass is 16.6. The predicted molar refractivity (Wildman–Crippen MR) is 89.3 cm³/mol. The maximum absolute atomic E-state index is 12.2. The fraction of sp³-hybridized carbons (Fsp3) is 0.294. The van der Waals surface area contributed by atoms with Crippen molar-refractivity contribution in [1.82, 2.24) is 5.32 Å². The van der Waals surface area contributed by atoms with Crippen LogP contribution in [0, 0.1) is 10.1 Å². The van der Waals surface area contributed by atoms with Gasteiger partial charge in [0.2, 0.25) is 5.91 Å². The number of carbonyl (C=O) groups is 2. The van der Waals surface area contributed by atoms with Crippen LogP contribution in [-0.4, -0.2) is 23.3 Å². The standard InChI is InChI=1S/C17H17N3O5/c1-11(18-17(22)14-7-8-16(25-14)20(23)24)12-4-2-5-13(10-12)19-9-3-6-15(19)21/h2,4-5,7-8,10-11H,3,6,9H2,1H3,(H,18,22). The van der Waals surface area contributed by atoms with Gasteiger partial charge in [-0.25, -0.2) is 0 Å². The fourth-order valence-corrected chi connectivity index (χ4v) is 2.78. The third-order valence-corrected chi connectivity index (χ3v) is 4.10. The average molecular weight is 343 g/mol. The average Bonchev–Trinajstić information content (AvgIpc) is 3.24. The molecule has 1 N–H and O–H groups in total. The molecule has 0 radical (unpaired) electrons. The third kappa shape index (κ3) is 3.52. The molecule has 0 bridgehead atoms. The summed E-state index contributed by atoms with van der Waals surface area (Å²) >= 11 is 0. The van der Waals surface area contributed by atoms with Gasteiger partial charge in [0.15, 0.2) is 5.76 Å². The summed E-state index contributed by atoms with van der Waals surface area (Å²) in [6.07, 6.45) is 1.39. The van der Waals surface area contributed by atoms with Crippen molar-refractivity contribution in [3.05, 3.63) is 57.8 Å². The van der Waals surface area contributed by atoms with Crippen LogP contribution in [-0.2, 0) is 4.79 Å². The number of carbonyl (C=O) groups excluding carboxylic acids is 2. The van der Waals surface area contributed by atoms with Crippen LogP contribution in [0.3, 0.4) is 0 Å². The Kier molecular flexibility index (Phi) is 4.51. The lowest BCUT2D eigenvalue weighted by Crippen LogP contribution is -2.27. The van der Waals surface area contributed by atoms with Gasteiger partial charge in [-0.15, -0.1) is 0 Å². The SMILES string of the molecule is CC(NC(=O)c1ccc([N+](=O)[O-])o1)c1cccc(N2CCCC2=O)c1. The number of amides is 2. The molecular formula is C17H17N3O5. The molecule has 0 saturated carbocycles. The highest BCUT2D eigenvalue weighted by Crippen LogP contribution is 2.25. The molecule has 1 saturated heterocycles. The molecule has 1 fully saturated rings. The molecule has 2 aromatic rings. The van der Waals surface area contributed by atoms with Crippen LogP contribution in [0.5, 0.6) is 0 Å². The predicted octanol–water partition coefficient (Wildman–Crippen LogP) is 2.81. The molecule has 1 aromatic heterocycles. The van der Waals surface area contributed by atoms with Crippen LogP contribution in [0.4, 0.5) is 11.6 Å². The first-order chi connectivity index (χ1) is 12.0. The van der Waals surface area contributed by atoms with Crippen molar-refractivity contribution in [1.29, 1.82) is 0 Å². The molecule has 1 unspecified atom stereocenters. The first kappa shape index (κ1) is 16.7. The lowest BCUT2D eigenvalue weighted by Gasteiger charge is -2.19. The van der Waals surface area contributed by atoms with Gasteiger partial charge < -0.3 is 14.6 Å². The van der Waals surface area contributed by atoms with Gasteiger partial charge in [0, 0.05) is 18.7 Å². The second-order valence-electron chi connectivity index (χ2n) is 5.83. The Morgan fingerprint density at radius 1 is 1.36 bits per heavy atom. The number of hydrogen-bond donors (Lipinski definition) is 1. The van der Waals surface area contributed by atoms with Gasteiger partial charge in [0.25, 0.3) is 5.91 Å². The monoisotopic (exact) mass is 343 g/mol. The number of nitrogens with zero attached hydrogens (tertiary/aromatic N) is 2. The minimum absolute atomic E-state index is 0.0942. The topological polar surface area (TPSA) is 106 Å². The number of nitro groups is 1. The van der Waals surface area contributed by atoms with Crippen LogP contribution >= 0.6 is 0 Å². The van der Waals surface area contributed by atoms with E-state index in [9.17, 15) is 19.7 Å². The molecule has 0 spiro atoms. The quantitative estimate of drug-likeness (QED) is 0.664. The third-order valence-electron chi connectivity index (χ3n) is 4.10. The molecule has 130 valence electrons. The summed E-state index contributed by atoms with van der Waals surface area (Å²) in [5.41, 5.74) is 1.63. The van der Waals surface area contributed by atoms with Gasteiger partial charge in [-0.3, -0.25) is 19.7 Å². The van der Waals surface area contributed by atoms with Crippen molar-refractivity contribution in [3.63, 3.8) is 0 Å². The molecule has 3 rings (SSSR count). The number of furan rings is 1. The second kappa shape index (κ2) is 6.76. The van der Waals surface area contributed by atoms with Crippen LogP contribution < -0.4 is 10.2 Å². The Hall–Kier alpha value is -3.16. The minimum atomic E-state index is -0.698. The number of rotatable bonds is 5. The smallest absolute Gasteiger partial charge is 0.395 e. The number of anilines is 1. The van der Waals surface area contributed by atoms with E-state index in [1.165, 1.54) is 6.07 Å². The molecule has 1 aliphatic heterocycles. The summed E-state index contributed by atoms with van der Waals surface area (Å²) in [4.78, 5) is 35.7. The summed E-state index contributed by atoms with van der Waals surface area (Å²) < 4.78 is 4.90. The Morgan fingerprint density at radius 3 is 2.80 bits per heavy atom. The lowest BCUT2D eigenvalue weighted by molar-refractivity contribution is -0.402. The Balaban J connectivity index is 1.72. The van der Waals surface area contributed by atoms with Gasteiger partial charge in [-0.1, -0.05) is 12.1 Å². The Morgan fingerprint density at radius 2 is 2.16 bits per heavy atom. The molecule has 8 nitrogen and oxygen atoms in total. The van der Waals surface area contributed by atoms with Crippen molar-refractivity contribution in [2.24, 2.45) is 0 Å². The van der Waals surface area contributed by atoms with Crippen molar-refractivity contribution in [3.8, 4) is 0 Å².